The highest BCUT2D eigenvalue weighted by Gasteiger charge is 2.06. The van der Waals surface area contributed by atoms with Crippen molar-refractivity contribution in [3.8, 4) is 6.07 Å². The van der Waals surface area contributed by atoms with E-state index in [9.17, 15) is 0 Å². The van der Waals surface area contributed by atoms with Gasteiger partial charge in [0.25, 0.3) is 0 Å². The zero-order valence-electron chi connectivity index (χ0n) is 7.41. The first-order chi connectivity index (χ1) is 5.63. The van der Waals surface area contributed by atoms with Crippen LogP contribution < -0.4 is 5.73 Å². The molecule has 2 N–H and O–H groups in total. The Balaban J connectivity index is 4.59. The number of nitrogens with two attached hydrogens (primary N) is 1. The van der Waals surface area contributed by atoms with Gasteiger partial charge in [0, 0.05) is 12.4 Å². The first kappa shape index (κ1) is 10.4. The summed E-state index contributed by atoms with van der Waals surface area (Å²) in [5.41, 5.74) is 6.15. The summed E-state index contributed by atoms with van der Waals surface area (Å²) >= 11 is 0. The molecule has 0 fully saturated rings. The molecule has 3 heteroatoms. The summed E-state index contributed by atoms with van der Waals surface area (Å²) in [6.07, 6.45) is 2.66. The Labute approximate surface area is 72.9 Å². The van der Waals surface area contributed by atoms with Crippen LogP contribution in [0.15, 0.2) is 29.5 Å². The van der Waals surface area contributed by atoms with Crippen molar-refractivity contribution in [1.29, 1.82) is 5.26 Å². The van der Waals surface area contributed by atoms with Crippen LogP contribution in [0, 0.1) is 17.2 Å². The summed E-state index contributed by atoms with van der Waals surface area (Å²) in [5.74, 6) is 0.231. The van der Waals surface area contributed by atoms with Crippen molar-refractivity contribution in [1.82, 2.24) is 0 Å². The topological polar surface area (TPSA) is 62.2 Å². The molecular weight excluding hydrogens is 150 g/mol. The standard InChI is InChI=1S/C9H13N3/c1-7(2)8(3)9(6-11)12-5-4-10/h4-5,7H,3,10H2,1-2H3/b5-4-,12-9?. The molecule has 0 bridgehead atoms. The summed E-state index contributed by atoms with van der Waals surface area (Å²) in [4.78, 5) is 3.83. The van der Waals surface area contributed by atoms with Crippen molar-refractivity contribution in [2.24, 2.45) is 16.6 Å². The largest absolute Gasteiger partial charge is 0.403 e. The van der Waals surface area contributed by atoms with E-state index >= 15 is 0 Å². The lowest BCUT2D eigenvalue weighted by Gasteiger charge is -2.04. The van der Waals surface area contributed by atoms with Gasteiger partial charge < -0.3 is 5.73 Å². The van der Waals surface area contributed by atoms with Crippen LogP contribution in [0.25, 0.3) is 0 Å². The molecule has 0 rings (SSSR count). The van der Waals surface area contributed by atoms with Crippen molar-refractivity contribution in [2.45, 2.75) is 13.8 Å². The molecule has 0 unspecified atom stereocenters. The van der Waals surface area contributed by atoms with Gasteiger partial charge in [0.1, 0.15) is 11.8 Å². The highest BCUT2D eigenvalue weighted by atomic mass is 14.7. The van der Waals surface area contributed by atoms with Crippen molar-refractivity contribution in [3.63, 3.8) is 0 Å². The van der Waals surface area contributed by atoms with Crippen molar-refractivity contribution >= 4 is 5.71 Å². The Morgan fingerprint density at radius 3 is 2.58 bits per heavy atom. The quantitative estimate of drug-likeness (QED) is 0.642. The van der Waals surface area contributed by atoms with Crippen LogP contribution in [0.2, 0.25) is 0 Å². The molecule has 0 saturated heterocycles. The van der Waals surface area contributed by atoms with Gasteiger partial charge in [-0.05, 0) is 11.5 Å². The molecule has 3 nitrogen and oxygen atoms in total. The molecule has 12 heavy (non-hydrogen) atoms. The molecule has 0 aliphatic carbocycles. The van der Waals surface area contributed by atoms with Crippen molar-refractivity contribution in [3.05, 3.63) is 24.6 Å². The molecule has 0 heterocycles. The molecule has 0 aliphatic heterocycles. The number of hydrogen-bond acceptors (Lipinski definition) is 3. The molecule has 0 aromatic carbocycles. The number of rotatable bonds is 3. The molecule has 0 radical (unpaired) electrons. The number of aliphatic imine (C=N–C) groups is 1. The zero-order chi connectivity index (χ0) is 9.56. The average Bonchev–Trinajstić information content (AvgIpc) is 2.05. The molecule has 64 valence electrons. The molecule has 0 amide bonds. The van der Waals surface area contributed by atoms with Crippen LogP contribution in [-0.4, -0.2) is 5.71 Å². The van der Waals surface area contributed by atoms with Gasteiger partial charge >= 0.3 is 0 Å². The Hall–Kier alpha value is -1.56. The SMILES string of the molecule is C=C(C(C#N)=N/C=C\N)C(C)C. The van der Waals surface area contributed by atoms with E-state index in [-0.39, 0.29) is 5.92 Å². The summed E-state index contributed by atoms with van der Waals surface area (Å²) in [6.45, 7) is 7.67. The number of allylic oxidation sites excluding steroid dienone is 1. The van der Waals surface area contributed by atoms with Gasteiger partial charge in [-0.25, -0.2) is 4.99 Å². The number of nitriles is 1. The van der Waals surface area contributed by atoms with Gasteiger partial charge in [0.05, 0.1) is 0 Å². The molecule has 0 saturated carbocycles. The fraction of sp³-hybridized carbons (Fsp3) is 0.333. The third-order valence-electron chi connectivity index (χ3n) is 1.40. The Morgan fingerprint density at radius 1 is 1.67 bits per heavy atom. The van der Waals surface area contributed by atoms with E-state index in [1.807, 2.05) is 19.9 Å². The molecule has 0 aromatic rings. The van der Waals surface area contributed by atoms with E-state index < -0.39 is 0 Å². The van der Waals surface area contributed by atoms with E-state index in [2.05, 4.69) is 11.6 Å². The highest BCUT2D eigenvalue weighted by molar-refractivity contribution is 6.11. The normalized spacial score (nSPS) is 12.0. The highest BCUT2D eigenvalue weighted by Crippen LogP contribution is 2.08. The first-order valence-corrected chi connectivity index (χ1v) is 3.67. The van der Waals surface area contributed by atoms with Crippen LogP contribution in [0.3, 0.4) is 0 Å². The van der Waals surface area contributed by atoms with Crippen molar-refractivity contribution in [2.75, 3.05) is 0 Å². The monoisotopic (exact) mass is 163 g/mol. The van der Waals surface area contributed by atoms with Crippen LogP contribution >= 0.6 is 0 Å². The lowest BCUT2D eigenvalue weighted by molar-refractivity contribution is 0.807. The van der Waals surface area contributed by atoms with E-state index in [1.54, 1.807) is 0 Å². The number of hydrogen-bond donors (Lipinski definition) is 1. The van der Waals surface area contributed by atoms with Gasteiger partial charge in [0.15, 0.2) is 0 Å². The maximum atomic E-state index is 8.66. The molecule has 0 aromatic heterocycles. The lowest BCUT2D eigenvalue weighted by atomic mass is 10.0. The van der Waals surface area contributed by atoms with Gasteiger partial charge in [-0.2, -0.15) is 5.26 Å². The second-order valence-electron chi connectivity index (χ2n) is 2.61. The zero-order valence-corrected chi connectivity index (χ0v) is 7.41. The van der Waals surface area contributed by atoms with Crippen LogP contribution in [0.4, 0.5) is 0 Å². The summed E-state index contributed by atoms with van der Waals surface area (Å²) in [5, 5.41) is 8.66. The van der Waals surface area contributed by atoms with Crippen LogP contribution in [0.1, 0.15) is 13.8 Å². The van der Waals surface area contributed by atoms with Crippen molar-refractivity contribution < 1.29 is 0 Å². The fourth-order valence-corrected chi connectivity index (χ4v) is 0.575. The summed E-state index contributed by atoms with van der Waals surface area (Å²) in [6, 6.07) is 1.96. The minimum atomic E-state index is 0.231. The van der Waals surface area contributed by atoms with E-state index in [1.165, 1.54) is 12.4 Å². The van der Waals surface area contributed by atoms with E-state index in [0.717, 1.165) is 5.57 Å². The van der Waals surface area contributed by atoms with Gasteiger partial charge in [-0.15, -0.1) is 0 Å². The maximum Gasteiger partial charge on any atom is 0.143 e. The van der Waals surface area contributed by atoms with Gasteiger partial charge in [-0.3, -0.25) is 0 Å². The predicted molar refractivity (Wildman–Crippen MR) is 50.4 cm³/mol. The minimum absolute atomic E-state index is 0.231. The third kappa shape index (κ3) is 3.02. The lowest BCUT2D eigenvalue weighted by Crippen LogP contribution is -2.04. The third-order valence-corrected chi connectivity index (χ3v) is 1.40. The second kappa shape index (κ2) is 5.14. The second-order valence-corrected chi connectivity index (χ2v) is 2.61. The maximum absolute atomic E-state index is 8.66. The number of nitrogens with zero attached hydrogens (tertiary/aromatic N) is 2. The Bertz CT molecular complexity index is 253. The van der Waals surface area contributed by atoms with E-state index in [4.69, 9.17) is 11.0 Å². The van der Waals surface area contributed by atoms with Gasteiger partial charge in [-0.1, -0.05) is 20.4 Å². The first-order valence-electron chi connectivity index (χ1n) is 3.67. The summed E-state index contributed by atoms with van der Waals surface area (Å²) in [7, 11) is 0. The smallest absolute Gasteiger partial charge is 0.143 e. The molecule has 0 spiro atoms. The van der Waals surface area contributed by atoms with E-state index in [0.29, 0.717) is 5.71 Å². The molecule has 0 atom stereocenters. The Morgan fingerprint density at radius 2 is 2.25 bits per heavy atom. The average molecular weight is 163 g/mol. The minimum Gasteiger partial charge on any atom is -0.403 e. The van der Waals surface area contributed by atoms with Crippen LogP contribution in [-0.2, 0) is 0 Å². The summed E-state index contributed by atoms with van der Waals surface area (Å²) < 4.78 is 0. The fourth-order valence-electron chi connectivity index (χ4n) is 0.575. The van der Waals surface area contributed by atoms with Gasteiger partial charge in [0.2, 0.25) is 0 Å². The Kier molecular flexibility index (Phi) is 4.47. The molecular formula is C9H13N3. The predicted octanol–water partition coefficient (Wildman–Crippen LogP) is 1.59. The van der Waals surface area contributed by atoms with Crippen LogP contribution in [0.5, 0.6) is 0 Å². The molecule has 0 aliphatic rings.